The zero-order valence-corrected chi connectivity index (χ0v) is 15.3. The number of fused-ring (bicyclic) bond motifs is 1. The van der Waals surface area contributed by atoms with Crippen LogP contribution in [0, 0.1) is 0 Å². The fourth-order valence-corrected chi connectivity index (χ4v) is 3.74. The summed E-state index contributed by atoms with van der Waals surface area (Å²) in [5.41, 5.74) is 3.54. The normalized spacial score (nSPS) is 12.6. The van der Waals surface area contributed by atoms with Crippen molar-refractivity contribution in [1.82, 2.24) is 9.55 Å². The molecule has 4 aromatic rings. The van der Waals surface area contributed by atoms with Crippen molar-refractivity contribution >= 4 is 34.1 Å². The van der Waals surface area contributed by atoms with Gasteiger partial charge in [-0.05, 0) is 30.7 Å². The highest BCUT2D eigenvalue weighted by molar-refractivity contribution is 6.35. The second kappa shape index (κ2) is 6.58. The molecule has 2 aromatic heterocycles. The first kappa shape index (κ1) is 16.2. The number of rotatable bonds is 4. The van der Waals surface area contributed by atoms with Gasteiger partial charge in [-0.2, -0.15) is 0 Å². The summed E-state index contributed by atoms with van der Waals surface area (Å²) in [6.07, 6.45) is 8.18. The molecule has 2 heterocycles. The highest BCUT2D eigenvalue weighted by Crippen LogP contribution is 2.29. The van der Waals surface area contributed by atoms with Crippen molar-refractivity contribution < 1.29 is 4.57 Å². The Balaban J connectivity index is 1.79. The van der Waals surface area contributed by atoms with Crippen molar-refractivity contribution in [3.05, 3.63) is 88.6 Å². The van der Waals surface area contributed by atoms with E-state index in [1.807, 2.05) is 30.9 Å². The number of H-pyrrole nitrogens is 1. The second-order valence-corrected chi connectivity index (χ2v) is 7.04. The van der Waals surface area contributed by atoms with E-state index < -0.39 is 0 Å². The fourth-order valence-electron chi connectivity index (χ4n) is 3.28. The van der Waals surface area contributed by atoms with Crippen molar-refractivity contribution in [2.75, 3.05) is 0 Å². The van der Waals surface area contributed by atoms with E-state index in [0.717, 1.165) is 5.56 Å². The largest absolute Gasteiger partial charge is 0.343 e. The van der Waals surface area contributed by atoms with Crippen molar-refractivity contribution in [2.24, 2.45) is 0 Å². The Morgan fingerprint density at radius 1 is 1.16 bits per heavy atom. The molecule has 2 aromatic carbocycles. The molecule has 0 fully saturated rings. The predicted octanol–water partition coefficient (Wildman–Crippen LogP) is 5.22. The van der Waals surface area contributed by atoms with Gasteiger partial charge >= 0.3 is 0 Å². The van der Waals surface area contributed by atoms with Gasteiger partial charge in [0, 0.05) is 39.3 Å². The highest BCUT2D eigenvalue weighted by Gasteiger charge is 2.19. The molecule has 5 heteroatoms. The monoisotopic (exact) mass is 370 g/mol. The number of nitrogens with zero attached hydrogens (tertiary/aromatic N) is 2. The van der Waals surface area contributed by atoms with Crippen LogP contribution < -0.4 is 4.57 Å². The zero-order valence-electron chi connectivity index (χ0n) is 13.8. The molecule has 0 aliphatic carbocycles. The van der Waals surface area contributed by atoms with Gasteiger partial charge in [0.2, 0.25) is 6.33 Å². The molecule has 0 saturated heterocycles. The number of imidazole rings is 1. The maximum atomic E-state index is 6.38. The van der Waals surface area contributed by atoms with Crippen molar-refractivity contribution in [2.45, 2.75) is 19.5 Å². The minimum absolute atomic E-state index is 0.234. The van der Waals surface area contributed by atoms with Crippen LogP contribution in [0.4, 0.5) is 0 Å². The van der Waals surface area contributed by atoms with Crippen LogP contribution in [0.5, 0.6) is 0 Å². The molecule has 126 valence electrons. The van der Waals surface area contributed by atoms with Gasteiger partial charge in [-0.3, -0.25) is 4.98 Å². The first-order valence-electron chi connectivity index (χ1n) is 8.18. The number of hydrogen-bond donors (Lipinski definition) is 1. The molecular formula is C20H18Cl2N3+. The topological polar surface area (TPSA) is 24.6 Å². The third-order valence-electron chi connectivity index (χ3n) is 4.64. The average Bonchev–Trinajstić information content (AvgIpc) is 3.26. The summed E-state index contributed by atoms with van der Waals surface area (Å²) < 4.78 is 4.42. The Kier molecular flexibility index (Phi) is 4.28. The standard InChI is InChI=1S/C20H17Cl2N3/c1-14(24-9-8-23-13-24)18-12-25(20-5-3-2-4-17(18)20)11-15-6-7-16(21)10-19(15)22/h2-10,12-14H,11H2,1H3/p+1. The molecule has 3 nitrogen and oxygen atoms in total. The van der Waals surface area contributed by atoms with E-state index in [0.29, 0.717) is 16.6 Å². The first-order valence-corrected chi connectivity index (χ1v) is 8.94. The molecule has 25 heavy (non-hydrogen) atoms. The number of nitrogens with one attached hydrogen (secondary N) is 1. The van der Waals surface area contributed by atoms with Crippen LogP contribution >= 0.6 is 23.2 Å². The summed E-state index contributed by atoms with van der Waals surface area (Å²) in [6.45, 7) is 2.91. The van der Waals surface area contributed by atoms with Crippen molar-refractivity contribution in [3.63, 3.8) is 0 Å². The van der Waals surface area contributed by atoms with Gasteiger partial charge in [0.15, 0.2) is 0 Å². The molecular weight excluding hydrogens is 353 g/mol. The first-order chi connectivity index (χ1) is 12.1. The van der Waals surface area contributed by atoms with Gasteiger partial charge in [-0.15, -0.1) is 0 Å². The van der Waals surface area contributed by atoms with Gasteiger partial charge in [-0.25, -0.2) is 4.57 Å². The SMILES string of the molecule is CC(c1cn(Cc2ccc(Cl)cc2Cl)c2ccccc12)[n+]1cc[nH]c1. The average molecular weight is 371 g/mol. The lowest BCUT2D eigenvalue weighted by Crippen LogP contribution is -2.35. The minimum Gasteiger partial charge on any atom is -0.343 e. The van der Waals surface area contributed by atoms with Crippen LogP contribution in [-0.2, 0) is 6.54 Å². The molecule has 0 aliphatic rings. The fraction of sp³-hybridized carbons (Fsp3) is 0.150. The summed E-state index contributed by atoms with van der Waals surface area (Å²) in [5, 5.41) is 2.61. The number of benzene rings is 2. The Labute approximate surface area is 156 Å². The molecule has 0 bridgehead atoms. The summed E-state index contributed by atoms with van der Waals surface area (Å²) in [6, 6.07) is 14.4. The van der Waals surface area contributed by atoms with E-state index in [9.17, 15) is 0 Å². The van der Waals surface area contributed by atoms with Gasteiger partial charge in [0.05, 0.1) is 0 Å². The second-order valence-electron chi connectivity index (χ2n) is 6.20. The van der Waals surface area contributed by atoms with Gasteiger partial charge < -0.3 is 4.57 Å². The zero-order chi connectivity index (χ0) is 17.4. The van der Waals surface area contributed by atoms with E-state index in [4.69, 9.17) is 23.2 Å². The third-order valence-corrected chi connectivity index (χ3v) is 5.23. The summed E-state index contributed by atoms with van der Waals surface area (Å²) >= 11 is 12.4. The molecule has 1 unspecified atom stereocenters. The van der Waals surface area contributed by atoms with Gasteiger partial charge in [-0.1, -0.05) is 47.5 Å². The number of aromatic nitrogens is 3. The third kappa shape index (κ3) is 3.06. The van der Waals surface area contributed by atoms with E-state index in [1.54, 1.807) is 6.07 Å². The van der Waals surface area contributed by atoms with Crippen molar-refractivity contribution in [3.8, 4) is 0 Å². The maximum absolute atomic E-state index is 6.38. The van der Waals surface area contributed by atoms with Gasteiger partial charge in [0.1, 0.15) is 18.4 Å². The maximum Gasteiger partial charge on any atom is 0.242 e. The molecule has 1 N–H and O–H groups in total. The Morgan fingerprint density at radius 3 is 2.76 bits per heavy atom. The molecule has 0 saturated carbocycles. The number of aromatic amines is 1. The van der Waals surface area contributed by atoms with Crippen LogP contribution in [0.25, 0.3) is 10.9 Å². The van der Waals surface area contributed by atoms with E-state index >= 15 is 0 Å². The predicted molar refractivity (Wildman–Crippen MR) is 102 cm³/mol. The Bertz CT molecular complexity index is 1020. The number of halogens is 2. The van der Waals surface area contributed by atoms with Crippen LogP contribution in [0.15, 0.2) is 67.4 Å². The molecule has 0 amide bonds. The van der Waals surface area contributed by atoms with E-state index in [-0.39, 0.29) is 6.04 Å². The quantitative estimate of drug-likeness (QED) is 0.476. The lowest BCUT2D eigenvalue weighted by atomic mass is 10.1. The van der Waals surface area contributed by atoms with E-state index in [1.165, 1.54) is 16.5 Å². The van der Waals surface area contributed by atoms with E-state index in [2.05, 4.69) is 51.5 Å². The number of hydrogen-bond acceptors (Lipinski definition) is 0. The van der Waals surface area contributed by atoms with Crippen molar-refractivity contribution in [1.29, 1.82) is 0 Å². The lowest BCUT2D eigenvalue weighted by Gasteiger charge is -2.08. The Hall–Kier alpha value is -2.23. The molecule has 4 rings (SSSR count). The lowest BCUT2D eigenvalue weighted by molar-refractivity contribution is -0.709. The molecule has 0 radical (unpaired) electrons. The van der Waals surface area contributed by atoms with Crippen LogP contribution in [0.3, 0.4) is 0 Å². The smallest absolute Gasteiger partial charge is 0.242 e. The highest BCUT2D eigenvalue weighted by atomic mass is 35.5. The summed E-state index contributed by atoms with van der Waals surface area (Å²) in [4.78, 5) is 3.11. The van der Waals surface area contributed by atoms with Gasteiger partial charge in [0.25, 0.3) is 0 Å². The molecule has 0 spiro atoms. The summed E-state index contributed by atoms with van der Waals surface area (Å²) in [5.74, 6) is 0. The minimum atomic E-state index is 0.234. The number of para-hydroxylation sites is 1. The van der Waals surface area contributed by atoms with Crippen LogP contribution in [0.2, 0.25) is 10.0 Å². The summed E-state index contributed by atoms with van der Waals surface area (Å²) in [7, 11) is 0. The molecule has 1 atom stereocenters. The van der Waals surface area contributed by atoms with Crippen LogP contribution in [0.1, 0.15) is 24.1 Å². The van der Waals surface area contributed by atoms with Crippen LogP contribution in [-0.4, -0.2) is 9.55 Å². The molecule has 0 aliphatic heterocycles. The Morgan fingerprint density at radius 2 is 2.00 bits per heavy atom.